The lowest BCUT2D eigenvalue weighted by Crippen LogP contribution is -2.27. The highest BCUT2D eigenvalue weighted by Gasteiger charge is 2.13. The van der Waals surface area contributed by atoms with Crippen molar-refractivity contribution >= 4 is 11.8 Å². The standard InChI is InChI=1S/C12H26N2S/c1-11(2)8-13-5-3-6-14-9-12-4-7-15-10-12/h11-14H,3-10H2,1-2H3. The first-order valence-electron chi connectivity index (χ1n) is 6.28. The minimum atomic E-state index is 0.772. The zero-order valence-corrected chi connectivity index (χ0v) is 11.0. The molecule has 1 fully saturated rings. The van der Waals surface area contributed by atoms with E-state index in [-0.39, 0.29) is 0 Å². The fourth-order valence-corrected chi connectivity index (χ4v) is 3.06. The lowest BCUT2D eigenvalue weighted by atomic mass is 10.1. The van der Waals surface area contributed by atoms with Crippen LogP contribution in [0.15, 0.2) is 0 Å². The molecule has 0 aromatic heterocycles. The van der Waals surface area contributed by atoms with Crippen LogP contribution in [0.4, 0.5) is 0 Å². The number of hydrogen-bond acceptors (Lipinski definition) is 3. The van der Waals surface area contributed by atoms with Gasteiger partial charge in [-0.15, -0.1) is 0 Å². The Kier molecular flexibility index (Phi) is 7.49. The zero-order chi connectivity index (χ0) is 10.9. The molecular weight excluding hydrogens is 204 g/mol. The van der Waals surface area contributed by atoms with Crippen molar-refractivity contribution in [2.75, 3.05) is 37.7 Å². The molecule has 0 spiro atoms. The van der Waals surface area contributed by atoms with E-state index in [4.69, 9.17) is 0 Å². The summed E-state index contributed by atoms with van der Waals surface area (Å²) in [5.74, 6) is 4.47. The van der Waals surface area contributed by atoms with Gasteiger partial charge in [-0.1, -0.05) is 13.8 Å². The van der Waals surface area contributed by atoms with Gasteiger partial charge in [0, 0.05) is 0 Å². The fourth-order valence-electron chi connectivity index (χ4n) is 1.78. The Bertz CT molecular complexity index is 145. The van der Waals surface area contributed by atoms with E-state index >= 15 is 0 Å². The molecule has 1 unspecified atom stereocenters. The first-order valence-corrected chi connectivity index (χ1v) is 7.43. The number of nitrogens with one attached hydrogen (secondary N) is 2. The SMILES string of the molecule is CC(C)CNCCCNCC1CCSC1. The molecule has 1 aliphatic rings. The third-order valence-corrected chi connectivity index (χ3v) is 3.95. The average Bonchev–Trinajstić information content (AvgIpc) is 2.68. The van der Waals surface area contributed by atoms with Crippen LogP contribution in [0.1, 0.15) is 26.7 Å². The van der Waals surface area contributed by atoms with Gasteiger partial charge in [-0.2, -0.15) is 11.8 Å². The van der Waals surface area contributed by atoms with Crippen molar-refractivity contribution in [2.24, 2.45) is 11.8 Å². The van der Waals surface area contributed by atoms with Crippen molar-refractivity contribution in [3.63, 3.8) is 0 Å². The van der Waals surface area contributed by atoms with Crippen LogP contribution >= 0.6 is 11.8 Å². The van der Waals surface area contributed by atoms with E-state index in [0.717, 1.165) is 24.9 Å². The summed E-state index contributed by atoms with van der Waals surface area (Å²) in [7, 11) is 0. The Morgan fingerprint density at radius 3 is 2.73 bits per heavy atom. The molecule has 90 valence electrons. The highest BCUT2D eigenvalue weighted by molar-refractivity contribution is 7.99. The van der Waals surface area contributed by atoms with Gasteiger partial charge in [-0.05, 0) is 62.4 Å². The zero-order valence-electron chi connectivity index (χ0n) is 10.2. The van der Waals surface area contributed by atoms with Crippen molar-refractivity contribution < 1.29 is 0 Å². The van der Waals surface area contributed by atoms with Crippen LogP contribution in [0, 0.1) is 11.8 Å². The Balaban J connectivity index is 1.76. The first-order chi connectivity index (χ1) is 7.29. The molecule has 15 heavy (non-hydrogen) atoms. The molecule has 1 aliphatic heterocycles. The summed E-state index contributed by atoms with van der Waals surface area (Å²) < 4.78 is 0. The Hall–Kier alpha value is 0.270. The van der Waals surface area contributed by atoms with Crippen LogP contribution in [0.3, 0.4) is 0 Å². The van der Waals surface area contributed by atoms with Gasteiger partial charge in [0.25, 0.3) is 0 Å². The minimum absolute atomic E-state index is 0.772. The lowest BCUT2D eigenvalue weighted by Gasteiger charge is -2.10. The fraction of sp³-hybridized carbons (Fsp3) is 1.00. The van der Waals surface area contributed by atoms with E-state index in [1.54, 1.807) is 0 Å². The lowest BCUT2D eigenvalue weighted by molar-refractivity contribution is 0.496. The van der Waals surface area contributed by atoms with Crippen LogP contribution < -0.4 is 10.6 Å². The minimum Gasteiger partial charge on any atom is -0.316 e. The van der Waals surface area contributed by atoms with Gasteiger partial charge < -0.3 is 10.6 Å². The monoisotopic (exact) mass is 230 g/mol. The molecule has 3 heteroatoms. The Morgan fingerprint density at radius 1 is 1.27 bits per heavy atom. The van der Waals surface area contributed by atoms with Crippen molar-refractivity contribution in [3.8, 4) is 0 Å². The van der Waals surface area contributed by atoms with Crippen LogP contribution in [-0.2, 0) is 0 Å². The van der Waals surface area contributed by atoms with Crippen molar-refractivity contribution in [3.05, 3.63) is 0 Å². The summed E-state index contributed by atoms with van der Waals surface area (Å²) >= 11 is 2.10. The maximum Gasteiger partial charge on any atom is -0.00123 e. The second kappa shape index (κ2) is 8.43. The molecule has 2 nitrogen and oxygen atoms in total. The van der Waals surface area contributed by atoms with E-state index < -0.39 is 0 Å². The molecule has 0 aliphatic carbocycles. The summed E-state index contributed by atoms with van der Waals surface area (Å²) in [6.07, 6.45) is 2.68. The van der Waals surface area contributed by atoms with Gasteiger partial charge in [-0.3, -0.25) is 0 Å². The third kappa shape index (κ3) is 7.20. The van der Waals surface area contributed by atoms with E-state index in [0.29, 0.717) is 0 Å². The molecule has 1 heterocycles. The highest BCUT2D eigenvalue weighted by Crippen LogP contribution is 2.22. The van der Waals surface area contributed by atoms with Gasteiger partial charge in [0.05, 0.1) is 0 Å². The van der Waals surface area contributed by atoms with E-state index in [1.165, 1.54) is 37.4 Å². The molecule has 0 aromatic rings. The van der Waals surface area contributed by atoms with Gasteiger partial charge in [0.15, 0.2) is 0 Å². The quantitative estimate of drug-likeness (QED) is 0.623. The normalized spacial score (nSPS) is 21.4. The largest absolute Gasteiger partial charge is 0.316 e. The predicted molar refractivity (Wildman–Crippen MR) is 70.6 cm³/mol. The summed E-state index contributed by atoms with van der Waals surface area (Å²) in [5, 5.41) is 7.03. The van der Waals surface area contributed by atoms with Crippen LogP contribution in [0.2, 0.25) is 0 Å². The molecule has 1 rings (SSSR count). The molecule has 0 aromatic carbocycles. The third-order valence-electron chi connectivity index (χ3n) is 2.72. The van der Waals surface area contributed by atoms with Gasteiger partial charge in [-0.25, -0.2) is 0 Å². The molecule has 0 bridgehead atoms. The second-order valence-electron chi connectivity index (χ2n) is 4.89. The van der Waals surface area contributed by atoms with E-state index in [9.17, 15) is 0 Å². The predicted octanol–water partition coefficient (Wildman–Crippen LogP) is 1.96. The molecular formula is C12H26N2S. The molecule has 1 atom stereocenters. The maximum atomic E-state index is 3.56. The van der Waals surface area contributed by atoms with Crippen molar-refractivity contribution in [1.82, 2.24) is 10.6 Å². The van der Waals surface area contributed by atoms with Crippen LogP contribution in [0.25, 0.3) is 0 Å². The summed E-state index contributed by atoms with van der Waals surface area (Å²) in [6.45, 7) is 9.22. The summed E-state index contributed by atoms with van der Waals surface area (Å²) in [5.41, 5.74) is 0. The smallest absolute Gasteiger partial charge is 0.00123 e. The Labute approximate surface area is 99.0 Å². The van der Waals surface area contributed by atoms with E-state index in [2.05, 4.69) is 36.2 Å². The van der Waals surface area contributed by atoms with E-state index in [1.807, 2.05) is 0 Å². The first kappa shape index (κ1) is 13.3. The number of thioether (sulfide) groups is 1. The van der Waals surface area contributed by atoms with Crippen molar-refractivity contribution in [2.45, 2.75) is 26.7 Å². The van der Waals surface area contributed by atoms with Crippen molar-refractivity contribution in [1.29, 1.82) is 0 Å². The van der Waals surface area contributed by atoms with Crippen LogP contribution in [-0.4, -0.2) is 37.7 Å². The molecule has 0 saturated carbocycles. The van der Waals surface area contributed by atoms with Crippen LogP contribution in [0.5, 0.6) is 0 Å². The molecule has 1 saturated heterocycles. The van der Waals surface area contributed by atoms with Gasteiger partial charge in [0.1, 0.15) is 0 Å². The van der Waals surface area contributed by atoms with Gasteiger partial charge >= 0.3 is 0 Å². The second-order valence-corrected chi connectivity index (χ2v) is 6.04. The number of hydrogen-bond donors (Lipinski definition) is 2. The average molecular weight is 230 g/mol. The summed E-state index contributed by atoms with van der Waals surface area (Å²) in [4.78, 5) is 0. The summed E-state index contributed by atoms with van der Waals surface area (Å²) in [6, 6.07) is 0. The molecule has 2 N–H and O–H groups in total. The van der Waals surface area contributed by atoms with Gasteiger partial charge in [0.2, 0.25) is 0 Å². The maximum absolute atomic E-state index is 3.56. The molecule has 0 radical (unpaired) electrons. The highest BCUT2D eigenvalue weighted by atomic mass is 32.2. The number of rotatable bonds is 8. The molecule has 0 amide bonds. The Morgan fingerprint density at radius 2 is 2.07 bits per heavy atom. The topological polar surface area (TPSA) is 24.1 Å².